The number of ether oxygens (including phenoxy) is 2. The Hall–Kier alpha value is -1.72. The number of methoxy groups -OCH3 is 1. The summed E-state index contributed by atoms with van der Waals surface area (Å²) in [6.45, 7) is 10.9. The van der Waals surface area contributed by atoms with Crippen molar-refractivity contribution >= 4 is 36.0 Å². The highest BCUT2D eigenvalue weighted by Gasteiger charge is 2.36. The quantitative estimate of drug-likeness (QED) is 0.629. The van der Waals surface area contributed by atoms with Crippen LogP contribution in [-0.4, -0.2) is 76.6 Å². The molecule has 2 aliphatic rings. The minimum absolute atomic E-state index is 0. The fourth-order valence-corrected chi connectivity index (χ4v) is 3.53. The van der Waals surface area contributed by atoms with Gasteiger partial charge in [0.2, 0.25) is 5.88 Å². The zero-order valence-electron chi connectivity index (χ0n) is 17.5. The molecular weight excluding hydrogens is 475 g/mol. The number of aliphatic imine (C=N–C) groups is 1. The zero-order chi connectivity index (χ0) is 19.8. The molecule has 1 saturated heterocycles. The normalized spacial score (nSPS) is 18.9. The van der Waals surface area contributed by atoms with E-state index in [1.807, 2.05) is 34.7 Å². The topological polar surface area (TPSA) is 84.2 Å². The summed E-state index contributed by atoms with van der Waals surface area (Å²) < 4.78 is 12.7. The maximum atomic E-state index is 12.3. The van der Waals surface area contributed by atoms with Crippen molar-refractivity contribution in [3.05, 3.63) is 11.3 Å². The average Bonchev–Trinajstić information content (AvgIpc) is 3.10. The standard InChI is InChI=1S/C18H30N6O3.HI/c1-12-14(15(26-6)22(5)21-12)10-20-16-19-9-13-11-23(7-8-24(13)16)17(25)27-18(2,3)4;/h13H,7-11H2,1-6H3,(H,19,20);1H. The van der Waals surface area contributed by atoms with Crippen molar-refractivity contribution in [1.29, 1.82) is 0 Å². The van der Waals surface area contributed by atoms with Crippen LogP contribution in [0.25, 0.3) is 0 Å². The third-order valence-corrected chi connectivity index (χ3v) is 4.76. The number of piperazine rings is 1. The van der Waals surface area contributed by atoms with Crippen LogP contribution in [0.2, 0.25) is 0 Å². The van der Waals surface area contributed by atoms with Gasteiger partial charge in [0.1, 0.15) is 5.60 Å². The molecule has 0 bridgehead atoms. The lowest BCUT2D eigenvalue weighted by atomic mass is 10.2. The van der Waals surface area contributed by atoms with Gasteiger partial charge in [-0.05, 0) is 27.7 Å². The van der Waals surface area contributed by atoms with Crippen molar-refractivity contribution in [2.24, 2.45) is 12.0 Å². The van der Waals surface area contributed by atoms with E-state index in [0.717, 1.165) is 29.6 Å². The molecular formula is C18H31IN6O3. The van der Waals surface area contributed by atoms with Gasteiger partial charge >= 0.3 is 6.09 Å². The summed E-state index contributed by atoms with van der Waals surface area (Å²) in [5, 5.41) is 7.82. The Morgan fingerprint density at radius 1 is 1.32 bits per heavy atom. The summed E-state index contributed by atoms with van der Waals surface area (Å²) in [5.74, 6) is 1.62. The predicted molar refractivity (Wildman–Crippen MR) is 117 cm³/mol. The van der Waals surface area contributed by atoms with Gasteiger partial charge < -0.3 is 24.6 Å². The number of fused-ring (bicyclic) bond motifs is 1. The van der Waals surface area contributed by atoms with Gasteiger partial charge in [0.05, 0.1) is 37.5 Å². The molecule has 0 aromatic carbocycles. The molecule has 158 valence electrons. The number of carbonyl (C=O) groups excluding carboxylic acids is 1. The van der Waals surface area contributed by atoms with E-state index in [0.29, 0.717) is 26.2 Å². The molecule has 1 aromatic rings. The monoisotopic (exact) mass is 506 g/mol. The van der Waals surface area contributed by atoms with Crippen molar-refractivity contribution in [3.8, 4) is 5.88 Å². The number of aromatic nitrogens is 2. The Kier molecular flexibility index (Phi) is 7.05. The molecule has 1 atom stereocenters. The average molecular weight is 506 g/mol. The van der Waals surface area contributed by atoms with Crippen LogP contribution in [0.3, 0.4) is 0 Å². The van der Waals surface area contributed by atoms with Crippen LogP contribution in [0, 0.1) is 6.92 Å². The maximum absolute atomic E-state index is 12.3. The van der Waals surface area contributed by atoms with Gasteiger partial charge in [0, 0.05) is 26.7 Å². The fourth-order valence-electron chi connectivity index (χ4n) is 3.53. The SMILES string of the molecule is COc1c(CNC2=NCC3CN(C(=O)OC(C)(C)C)CCN23)c(C)nn1C.I. The highest BCUT2D eigenvalue weighted by Crippen LogP contribution is 2.22. The van der Waals surface area contributed by atoms with Crippen LogP contribution in [0.15, 0.2) is 4.99 Å². The summed E-state index contributed by atoms with van der Waals surface area (Å²) in [7, 11) is 3.52. The molecule has 3 heterocycles. The molecule has 28 heavy (non-hydrogen) atoms. The minimum Gasteiger partial charge on any atom is -0.481 e. The number of hydrogen-bond donors (Lipinski definition) is 1. The predicted octanol–water partition coefficient (Wildman–Crippen LogP) is 1.74. The summed E-state index contributed by atoms with van der Waals surface area (Å²) in [4.78, 5) is 21.0. The fraction of sp³-hybridized carbons (Fsp3) is 0.722. The molecule has 9 nitrogen and oxygen atoms in total. The molecule has 0 radical (unpaired) electrons. The third-order valence-electron chi connectivity index (χ3n) is 4.76. The highest BCUT2D eigenvalue weighted by molar-refractivity contribution is 14.0. The van der Waals surface area contributed by atoms with Crippen molar-refractivity contribution in [2.45, 2.75) is 45.9 Å². The molecule has 1 amide bonds. The van der Waals surface area contributed by atoms with Crippen molar-refractivity contribution in [2.75, 3.05) is 33.3 Å². The molecule has 0 saturated carbocycles. The number of hydrogen-bond acceptors (Lipinski definition) is 7. The molecule has 1 N–H and O–H groups in total. The van der Waals surface area contributed by atoms with E-state index in [1.54, 1.807) is 16.7 Å². The van der Waals surface area contributed by atoms with Crippen LogP contribution in [-0.2, 0) is 18.3 Å². The molecule has 10 heteroatoms. The van der Waals surface area contributed by atoms with Crippen LogP contribution in [0.5, 0.6) is 5.88 Å². The third kappa shape index (κ3) is 4.81. The lowest BCUT2D eigenvalue weighted by Crippen LogP contribution is -2.57. The van der Waals surface area contributed by atoms with Crippen LogP contribution in [0.1, 0.15) is 32.0 Å². The number of guanidine groups is 1. The summed E-state index contributed by atoms with van der Waals surface area (Å²) in [6.07, 6.45) is -0.251. The first-order valence-corrected chi connectivity index (χ1v) is 9.29. The summed E-state index contributed by atoms with van der Waals surface area (Å²) >= 11 is 0. The minimum atomic E-state index is -0.478. The number of rotatable bonds is 3. The number of aryl methyl sites for hydroxylation is 2. The van der Waals surface area contributed by atoms with Gasteiger partial charge in [0.15, 0.2) is 5.96 Å². The maximum Gasteiger partial charge on any atom is 0.410 e. The first-order chi connectivity index (χ1) is 12.7. The van der Waals surface area contributed by atoms with Gasteiger partial charge in [-0.25, -0.2) is 9.48 Å². The highest BCUT2D eigenvalue weighted by atomic mass is 127. The first kappa shape index (κ1) is 22.6. The Bertz CT molecular complexity index is 742. The molecule has 2 aliphatic heterocycles. The Morgan fingerprint density at radius 3 is 2.68 bits per heavy atom. The van der Waals surface area contributed by atoms with Crippen molar-refractivity contribution < 1.29 is 14.3 Å². The van der Waals surface area contributed by atoms with E-state index in [2.05, 4.69) is 20.3 Å². The van der Waals surface area contributed by atoms with Crippen molar-refractivity contribution in [3.63, 3.8) is 0 Å². The van der Waals surface area contributed by atoms with Gasteiger partial charge in [-0.2, -0.15) is 5.10 Å². The largest absolute Gasteiger partial charge is 0.481 e. The van der Waals surface area contributed by atoms with Gasteiger partial charge in [-0.3, -0.25) is 4.99 Å². The number of carbonyl (C=O) groups is 1. The second kappa shape index (κ2) is 8.75. The van der Waals surface area contributed by atoms with Gasteiger partial charge in [-0.1, -0.05) is 0 Å². The van der Waals surface area contributed by atoms with E-state index in [-0.39, 0.29) is 36.1 Å². The Morgan fingerprint density at radius 2 is 2.04 bits per heavy atom. The lowest BCUT2D eigenvalue weighted by Gasteiger charge is -2.39. The number of amides is 1. The van der Waals surface area contributed by atoms with E-state index >= 15 is 0 Å². The van der Waals surface area contributed by atoms with E-state index in [1.165, 1.54) is 0 Å². The van der Waals surface area contributed by atoms with Crippen LogP contribution < -0.4 is 10.1 Å². The second-order valence-corrected chi connectivity index (χ2v) is 7.99. The van der Waals surface area contributed by atoms with E-state index in [9.17, 15) is 4.79 Å². The molecule has 0 spiro atoms. The molecule has 1 aromatic heterocycles. The van der Waals surface area contributed by atoms with Gasteiger partial charge in [-0.15, -0.1) is 24.0 Å². The van der Waals surface area contributed by atoms with Gasteiger partial charge in [0.25, 0.3) is 0 Å². The molecule has 1 fully saturated rings. The van der Waals surface area contributed by atoms with E-state index in [4.69, 9.17) is 9.47 Å². The Labute approximate surface area is 183 Å². The van der Waals surface area contributed by atoms with Crippen LogP contribution >= 0.6 is 24.0 Å². The van der Waals surface area contributed by atoms with Crippen molar-refractivity contribution in [1.82, 2.24) is 24.9 Å². The Balaban J connectivity index is 0.00000280. The van der Waals surface area contributed by atoms with Crippen LogP contribution in [0.4, 0.5) is 4.79 Å². The lowest BCUT2D eigenvalue weighted by molar-refractivity contribution is 0.0137. The number of nitrogens with zero attached hydrogens (tertiary/aromatic N) is 5. The second-order valence-electron chi connectivity index (χ2n) is 7.99. The number of nitrogens with one attached hydrogen (secondary N) is 1. The molecule has 0 aliphatic carbocycles. The zero-order valence-corrected chi connectivity index (χ0v) is 19.8. The molecule has 3 rings (SSSR count). The first-order valence-electron chi connectivity index (χ1n) is 9.29. The number of halogens is 1. The smallest absolute Gasteiger partial charge is 0.410 e. The van der Waals surface area contributed by atoms with E-state index < -0.39 is 5.60 Å². The summed E-state index contributed by atoms with van der Waals surface area (Å²) in [5.41, 5.74) is 1.48. The molecule has 1 unspecified atom stereocenters. The summed E-state index contributed by atoms with van der Waals surface area (Å²) in [6, 6.07) is 0.186.